The Morgan fingerprint density at radius 1 is 1.32 bits per heavy atom. The summed E-state index contributed by atoms with van der Waals surface area (Å²) in [4.78, 5) is 27.3. The molecule has 2 atom stereocenters. The Labute approximate surface area is 128 Å². The molecule has 1 amide bonds. The highest BCUT2D eigenvalue weighted by Crippen LogP contribution is 2.09. The van der Waals surface area contributed by atoms with Gasteiger partial charge in [0.05, 0.1) is 5.69 Å². The fourth-order valence-corrected chi connectivity index (χ4v) is 1.96. The minimum atomic E-state index is -1.06. The van der Waals surface area contributed by atoms with Crippen LogP contribution in [0.3, 0.4) is 0 Å². The summed E-state index contributed by atoms with van der Waals surface area (Å²) in [5, 5.41) is 15.7. The third-order valence-corrected chi connectivity index (χ3v) is 3.48. The van der Waals surface area contributed by atoms with Crippen LogP contribution in [0.15, 0.2) is 36.7 Å². The quantitative estimate of drug-likeness (QED) is 0.842. The fourth-order valence-electron chi connectivity index (χ4n) is 1.96. The number of carboxylic acids is 1. The molecule has 2 unspecified atom stereocenters. The van der Waals surface area contributed by atoms with Crippen LogP contribution in [0.2, 0.25) is 0 Å². The Balaban J connectivity index is 2.13. The van der Waals surface area contributed by atoms with Gasteiger partial charge >= 0.3 is 5.97 Å². The van der Waals surface area contributed by atoms with E-state index in [9.17, 15) is 14.7 Å². The molecule has 7 nitrogen and oxygen atoms in total. The molecule has 0 saturated heterocycles. The van der Waals surface area contributed by atoms with Gasteiger partial charge in [-0.25, -0.2) is 14.5 Å². The van der Waals surface area contributed by atoms with Crippen LogP contribution in [0.1, 0.15) is 30.9 Å². The van der Waals surface area contributed by atoms with Gasteiger partial charge in [-0.3, -0.25) is 4.79 Å². The molecule has 0 aliphatic heterocycles. The molecule has 1 aromatic carbocycles. The SMILES string of the molecule is CCC(C)C(NC(=O)c1ncn(-c2ccccc2)n1)C(=O)O. The van der Waals surface area contributed by atoms with E-state index in [4.69, 9.17) is 0 Å². The largest absolute Gasteiger partial charge is 0.480 e. The van der Waals surface area contributed by atoms with Crippen LogP contribution >= 0.6 is 0 Å². The highest BCUT2D eigenvalue weighted by atomic mass is 16.4. The maximum absolute atomic E-state index is 12.1. The predicted octanol–water partition coefficient (Wildman–Crippen LogP) is 1.50. The Morgan fingerprint density at radius 2 is 2.00 bits per heavy atom. The monoisotopic (exact) mass is 302 g/mol. The molecule has 1 aromatic heterocycles. The molecule has 116 valence electrons. The lowest BCUT2D eigenvalue weighted by Crippen LogP contribution is -2.45. The molecule has 1 heterocycles. The Bertz CT molecular complexity index is 654. The number of amides is 1. The molecule has 22 heavy (non-hydrogen) atoms. The van der Waals surface area contributed by atoms with Crippen LogP contribution in [-0.4, -0.2) is 37.8 Å². The highest BCUT2D eigenvalue weighted by Gasteiger charge is 2.27. The second-order valence-electron chi connectivity index (χ2n) is 5.02. The number of aromatic nitrogens is 3. The first-order valence-electron chi connectivity index (χ1n) is 7.03. The van der Waals surface area contributed by atoms with Gasteiger partial charge in [-0.2, -0.15) is 0 Å². The van der Waals surface area contributed by atoms with Gasteiger partial charge in [0.1, 0.15) is 12.4 Å². The number of carbonyl (C=O) groups is 2. The standard InChI is InChI=1S/C15H18N4O3/c1-3-10(2)12(15(21)22)17-14(20)13-16-9-19(18-13)11-7-5-4-6-8-11/h4-10,12H,3H2,1-2H3,(H,17,20)(H,21,22). The molecular formula is C15H18N4O3. The van der Waals surface area contributed by atoms with Gasteiger partial charge in [0.25, 0.3) is 5.91 Å². The molecule has 2 rings (SSSR count). The van der Waals surface area contributed by atoms with Gasteiger partial charge in [0.2, 0.25) is 5.82 Å². The summed E-state index contributed by atoms with van der Waals surface area (Å²) < 4.78 is 1.47. The number of aliphatic carboxylic acids is 1. The molecule has 0 fully saturated rings. The zero-order valence-electron chi connectivity index (χ0n) is 12.4. The summed E-state index contributed by atoms with van der Waals surface area (Å²) in [7, 11) is 0. The van der Waals surface area contributed by atoms with Crippen molar-refractivity contribution in [3.8, 4) is 5.69 Å². The zero-order chi connectivity index (χ0) is 16.1. The van der Waals surface area contributed by atoms with Gasteiger partial charge < -0.3 is 10.4 Å². The lowest BCUT2D eigenvalue weighted by molar-refractivity contribution is -0.140. The second-order valence-corrected chi connectivity index (χ2v) is 5.02. The number of carboxylic acid groups (broad SMARTS) is 1. The Kier molecular flexibility index (Phi) is 4.88. The second kappa shape index (κ2) is 6.84. The summed E-state index contributed by atoms with van der Waals surface area (Å²) in [6.45, 7) is 3.64. The van der Waals surface area contributed by atoms with Gasteiger partial charge in [0, 0.05) is 0 Å². The van der Waals surface area contributed by atoms with E-state index in [-0.39, 0.29) is 11.7 Å². The molecule has 0 spiro atoms. The highest BCUT2D eigenvalue weighted by molar-refractivity contribution is 5.93. The van der Waals surface area contributed by atoms with E-state index >= 15 is 0 Å². The number of benzene rings is 1. The van der Waals surface area contributed by atoms with Crippen molar-refractivity contribution in [1.29, 1.82) is 0 Å². The van der Waals surface area contributed by atoms with Crippen LogP contribution in [-0.2, 0) is 4.79 Å². The van der Waals surface area contributed by atoms with Crippen LogP contribution < -0.4 is 5.32 Å². The number of nitrogens with zero attached hydrogens (tertiary/aromatic N) is 3. The average molecular weight is 302 g/mol. The van der Waals surface area contributed by atoms with Crippen LogP contribution in [0.4, 0.5) is 0 Å². The maximum atomic E-state index is 12.1. The normalized spacial score (nSPS) is 13.4. The van der Waals surface area contributed by atoms with Crippen molar-refractivity contribution in [2.24, 2.45) is 5.92 Å². The van der Waals surface area contributed by atoms with E-state index in [0.29, 0.717) is 6.42 Å². The van der Waals surface area contributed by atoms with E-state index in [1.807, 2.05) is 37.3 Å². The Hall–Kier alpha value is -2.70. The van der Waals surface area contributed by atoms with Crippen molar-refractivity contribution in [2.75, 3.05) is 0 Å². The van der Waals surface area contributed by atoms with Crippen molar-refractivity contribution in [3.63, 3.8) is 0 Å². The number of hydrogen-bond acceptors (Lipinski definition) is 4. The molecule has 2 N–H and O–H groups in total. The van der Waals surface area contributed by atoms with E-state index in [0.717, 1.165) is 5.69 Å². The molecule has 2 aromatic rings. The number of rotatable bonds is 6. The third-order valence-electron chi connectivity index (χ3n) is 3.48. The van der Waals surface area contributed by atoms with Crippen molar-refractivity contribution in [3.05, 3.63) is 42.5 Å². The van der Waals surface area contributed by atoms with E-state index < -0.39 is 17.9 Å². The molecule has 7 heteroatoms. The van der Waals surface area contributed by atoms with E-state index in [2.05, 4.69) is 15.4 Å². The summed E-state index contributed by atoms with van der Waals surface area (Å²) in [5.41, 5.74) is 0.769. The van der Waals surface area contributed by atoms with Crippen molar-refractivity contribution in [2.45, 2.75) is 26.3 Å². The summed E-state index contributed by atoms with van der Waals surface area (Å²) in [6, 6.07) is 8.27. The number of para-hydroxylation sites is 1. The van der Waals surface area contributed by atoms with E-state index in [1.54, 1.807) is 6.92 Å². The van der Waals surface area contributed by atoms with Gasteiger partial charge in [0.15, 0.2) is 0 Å². The minimum Gasteiger partial charge on any atom is -0.480 e. The third kappa shape index (κ3) is 3.49. The van der Waals surface area contributed by atoms with Crippen molar-refractivity contribution >= 4 is 11.9 Å². The summed E-state index contributed by atoms with van der Waals surface area (Å²) in [5.74, 6) is -1.90. The van der Waals surface area contributed by atoms with Gasteiger partial charge in [-0.15, -0.1) is 5.10 Å². The molecule has 0 radical (unpaired) electrons. The van der Waals surface area contributed by atoms with Gasteiger partial charge in [-0.05, 0) is 18.1 Å². The predicted molar refractivity (Wildman–Crippen MR) is 79.7 cm³/mol. The van der Waals surface area contributed by atoms with Crippen LogP contribution in [0.5, 0.6) is 0 Å². The fraction of sp³-hybridized carbons (Fsp3) is 0.333. The first-order chi connectivity index (χ1) is 10.5. The van der Waals surface area contributed by atoms with Crippen LogP contribution in [0.25, 0.3) is 5.69 Å². The maximum Gasteiger partial charge on any atom is 0.326 e. The van der Waals surface area contributed by atoms with Crippen LogP contribution in [0, 0.1) is 5.92 Å². The van der Waals surface area contributed by atoms with Gasteiger partial charge in [-0.1, -0.05) is 38.5 Å². The average Bonchev–Trinajstić information content (AvgIpc) is 3.02. The number of nitrogens with one attached hydrogen (secondary N) is 1. The summed E-state index contributed by atoms with van der Waals surface area (Å²) in [6.07, 6.45) is 2.06. The van der Waals surface area contributed by atoms with Crippen molar-refractivity contribution < 1.29 is 14.7 Å². The molecule has 0 aliphatic rings. The summed E-state index contributed by atoms with van der Waals surface area (Å²) >= 11 is 0. The van der Waals surface area contributed by atoms with Crippen molar-refractivity contribution in [1.82, 2.24) is 20.1 Å². The topological polar surface area (TPSA) is 97.1 Å². The lowest BCUT2D eigenvalue weighted by Gasteiger charge is -2.19. The minimum absolute atomic E-state index is 0.0570. The molecule has 0 aliphatic carbocycles. The molecule has 0 saturated carbocycles. The number of carbonyl (C=O) groups excluding carboxylic acids is 1. The van der Waals surface area contributed by atoms with E-state index in [1.165, 1.54) is 11.0 Å². The lowest BCUT2D eigenvalue weighted by atomic mass is 9.99. The first-order valence-corrected chi connectivity index (χ1v) is 7.03. The first kappa shape index (κ1) is 15.7. The molecular weight excluding hydrogens is 284 g/mol. The molecule has 0 bridgehead atoms. The Morgan fingerprint density at radius 3 is 2.59 bits per heavy atom. The smallest absolute Gasteiger partial charge is 0.326 e. The number of hydrogen-bond donors (Lipinski definition) is 2. The zero-order valence-corrected chi connectivity index (χ0v) is 12.4.